The van der Waals surface area contributed by atoms with Crippen LogP contribution in [0.2, 0.25) is 0 Å². The van der Waals surface area contributed by atoms with Crippen LogP contribution in [0.1, 0.15) is 20.4 Å². The number of carbonyl (C=O) groups is 1. The number of amides is 1. The maximum Gasteiger partial charge on any atom is 0.269 e. The first-order chi connectivity index (χ1) is 8.69. The molecule has 0 aliphatic carbocycles. The van der Waals surface area contributed by atoms with Crippen molar-refractivity contribution >= 4 is 22.9 Å². The average Bonchev–Trinajstić information content (AvgIpc) is 2.81. The third-order valence-electron chi connectivity index (χ3n) is 2.33. The molecular formula is C12H14N4OS. The van der Waals surface area contributed by atoms with Crippen LogP contribution >= 0.6 is 11.3 Å². The fraction of sp³-hybridized carbons (Fsp3) is 0.250. The summed E-state index contributed by atoms with van der Waals surface area (Å²) in [5, 5.41) is 6.79. The predicted molar refractivity (Wildman–Crippen MR) is 71.8 cm³/mol. The molecule has 0 aliphatic rings. The molecule has 0 saturated heterocycles. The molecule has 2 aromatic rings. The second-order valence-corrected chi connectivity index (χ2v) is 5.05. The molecule has 0 aliphatic heterocycles. The van der Waals surface area contributed by atoms with Crippen LogP contribution in [0.5, 0.6) is 0 Å². The molecule has 0 saturated carbocycles. The molecule has 2 rings (SSSR count). The Morgan fingerprint density at radius 1 is 1.44 bits per heavy atom. The quantitative estimate of drug-likeness (QED) is 0.882. The SMILES string of the molecule is CNC(=O)c1cc(NCc2ncc(C)s2)ccn1. The minimum absolute atomic E-state index is 0.191. The van der Waals surface area contributed by atoms with Crippen molar-refractivity contribution in [3.05, 3.63) is 40.1 Å². The fourth-order valence-corrected chi connectivity index (χ4v) is 2.18. The predicted octanol–water partition coefficient (Wildman–Crippen LogP) is 1.82. The molecule has 0 aromatic carbocycles. The van der Waals surface area contributed by atoms with E-state index in [0.29, 0.717) is 12.2 Å². The summed E-state index contributed by atoms with van der Waals surface area (Å²) < 4.78 is 0. The Bertz CT molecular complexity index is 553. The van der Waals surface area contributed by atoms with Crippen molar-refractivity contribution in [2.45, 2.75) is 13.5 Å². The zero-order chi connectivity index (χ0) is 13.0. The van der Waals surface area contributed by atoms with E-state index in [1.54, 1.807) is 30.6 Å². The lowest BCUT2D eigenvalue weighted by Gasteiger charge is -2.05. The van der Waals surface area contributed by atoms with Crippen molar-refractivity contribution in [2.24, 2.45) is 0 Å². The number of carbonyl (C=O) groups excluding carboxylic acids is 1. The highest BCUT2D eigenvalue weighted by Crippen LogP contribution is 2.14. The van der Waals surface area contributed by atoms with Crippen molar-refractivity contribution in [1.82, 2.24) is 15.3 Å². The van der Waals surface area contributed by atoms with E-state index in [-0.39, 0.29) is 5.91 Å². The minimum atomic E-state index is -0.191. The summed E-state index contributed by atoms with van der Waals surface area (Å²) in [4.78, 5) is 20.9. The van der Waals surface area contributed by atoms with Crippen LogP contribution in [0, 0.1) is 6.92 Å². The second-order valence-electron chi connectivity index (χ2n) is 3.73. The van der Waals surface area contributed by atoms with Crippen molar-refractivity contribution in [3.8, 4) is 0 Å². The summed E-state index contributed by atoms with van der Waals surface area (Å²) in [5.74, 6) is -0.191. The van der Waals surface area contributed by atoms with Crippen LogP contribution in [0.25, 0.3) is 0 Å². The number of nitrogens with zero attached hydrogens (tertiary/aromatic N) is 2. The highest BCUT2D eigenvalue weighted by atomic mass is 32.1. The first kappa shape index (κ1) is 12.5. The van der Waals surface area contributed by atoms with Gasteiger partial charge < -0.3 is 10.6 Å². The van der Waals surface area contributed by atoms with Crippen LogP contribution in [0.15, 0.2) is 24.5 Å². The maximum absolute atomic E-state index is 11.4. The summed E-state index contributed by atoms with van der Waals surface area (Å²) in [6.07, 6.45) is 3.46. The molecule has 2 heterocycles. The Labute approximate surface area is 109 Å². The molecule has 0 radical (unpaired) electrons. The minimum Gasteiger partial charge on any atom is -0.378 e. The number of rotatable bonds is 4. The van der Waals surface area contributed by atoms with E-state index in [1.807, 2.05) is 19.2 Å². The lowest BCUT2D eigenvalue weighted by molar-refractivity contribution is 0.0958. The van der Waals surface area contributed by atoms with Gasteiger partial charge in [0.25, 0.3) is 5.91 Å². The average molecular weight is 262 g/mol. The van der Waals surface area contributed by atoms with Gasteiger partial charge in [0, 0.05) is 30.0 Å². The van der Waals surface area contributed by atoms with Gasteiger partial charge in [-0.25, -0.2) is 4.98 Å². The number of anilines is 1. The van der Waals surface area contributed by atoms with Crippen LogP contribution < -0.4 is 10.6 Å². The van der Waals surface area contributed by atoms with E-state index in [4.69, 9.17) is 0 Å². The molecule has 1 amide bonds. The van der Waals surface area contributed by atoms with Gasteiger partial charge in [-0.05, 0) is 19.1 Å². The largest absolute Gasteiger partial charge is 0.378 e. The number of hydrogen-bond donors (Lipinski definition) is 2. The third-order valence-corrected chi connectivity index (χ3v) is 3.25. The number of nitrogens with one attached hydrogen (secondary N) is 2. The highest BCUT2D eigenvalue weighted by Gasteiger charge is 2.05. The molecule has 0 fully saturated rings. The van der Waals surface area contributed by atoms with E-state index in [2.05, 4.69) is 20.6 Å². The fourth-order valence-electron chi connectivity index (χ4n) is 1.45. The van der Waals surface area contributed by atoms with Crippen molar-refractivity contribution < 1.29 is 4.79 Å². The lowest BCUT2D eigenvalue weighted by Crippen LogP contribution is -2.19. The van der Waals surface area contributed by atoms with Gasteiger partial charge in [-0.3, -0.25) is 9.78 Å². The monoisotopic (exact) mass is 262 g/mol. The van der Waals surface area contributed by atoms with E-state index in [9.17, 15) is 4.79 Å². The lowest BCUT2D eigenvalue weighted by atomic mass is 10.3. The van der Waals surface area contributed by atoms with Crippen molar-refractivity contribution in [1.29, 1.82) is 0 Å². The standard InChI is InChI=1S/C12H14N4OS/c1-8-6-16-11(18-8)7-15-9-3-4-14-10(5-9)12(17)13-2/h3-6H,7H2,1-2H3,(H,13,17)(H,14,15). The van der Waals surface area contributed by atoms with Gasteiger partial charge in [-0.1, -0.05) is 0 Å². The molecule has 2 aromatic heterocycles. The Morgan fingerprint density at radius 3 is 2.94 bits per heavy atom. The molecule has 94 valence electrons. The van der Waals surface area contributed by atoms with Gasteiger partial charge in [0.2, 0.25) is 0 Å². The molecule has 0 unspecified atom stereocenters. The topological polar surface area (TPSA) is 66.9 Å². The zero-order valence-electron chi connectivity index (χ0n) is 10.2. The number of aromatic nitrogens is 2. The van der Waals surface area contributed by atoms with Gasteiger partial charge in [0.05, 0.1) is 6.54 Å². The summed E-state index contributed by atoms with van der Waals surface area (Å²) in [6, 6.07) is 3.55. The molecule has 0 atom stereocenters. The summed E-state index contributed by atoms with van der Waals surface area (Å²) >= 11 is 1.65. The summed E-state index contributed by atoms with van der Waals surface area (Å²) in [6.45, 7) is 2.67. The Kier molecular flexibility index (Phi) is 3.88. The molecule has 0 bridgehead atoms. The van der Waals surface area contributed by atoms with Gasteiger partial charge in [-0.2, -0.15) is 0 Å². The van der Waals surface area contributed by atoms with Crippen molar-refractivity contribution in [3.63, 3.8) is 0 Å². The van der Waals surface area contributed by atoms with Crippen LogP contribution in [0.4, 0.5) is 5.69 Å². The van der Waals surface area contributed by atoms with Gasteiger partial charge in [-0.15, -0.1) is 11.3 Å². The van der Waals surface area contributed by atoms with Crippen LogP contribution in [-0.2, 0) is 6.54 Å². The Hall–Kier alpha value is -1.95. The molecule has 18 heavy (non-hydrogen) atoms. The maximum atomic E-state index is 11.4. The van der Waals surface area contributed by atoms with E-state index >= 15 is 0 Å². The Balaban J connectivity index is 2.03. The first-order valence-electron chi connectivity index (χ1n) is 5.52. The number of aryl methyl sites for hydroxylation is 1. The molecule has 0 spiro atoms. The van der Waals surface area contributed by atoms with Gasteiger partial charge >= 0.3 is 0 Å². The highest BCUT2D eigenvalue weighted by molar-refractivity contribution is 7.11. The molecule has 2 N–H and O–H groups in total. The molecule has 5 nitrogen and oxygen atoms in total. The second kappa shape index (κ2) is 5.59. The van der Waals surface area contributed by atoms with Gasteiger partial charge in [0.1, 0.15) is 10.7 Å². The zero-order valence-corrected chi connectivity index (χ0v) is 11.0. The van der Waals surface area contributed by atoms with Crippen LogP contribution in [-0.4, -0.2) is 22.9 Å². The van der Waals surface area contributed by atoms with Gasteiger partial charge in [0.15, 0.2) is 0 Å². The van der Waals surface area contributed by atoms with E-state index in [1.165, 1.54) is 4.88 Å². The van der Waals surface area contributed by atoms with E-state index in [0.717, 1.165) is 10.7 Å². The molecular weight excluding hydrogens is 248 g/mol. The number of pyridine rings is 1. The number of thiazole rings is 1. The normalized spacial score (nSPS) is 10.1. The van der Waals surface area contributed by atoms with Crippen LogP contribution in [0.3, 0.4) is 0 Å². The summed E-state index contributed by atoms with van der Waals surface area (Å²) in [5.41, 5.74) is 1.26. The summed E-state index contributed by atoms with van der Waals surface area (Å²) in [7, 11) is 1.59. The van der Waals surface area contributed by atoms with E-state index < -0.39 is 0 Å². The third kappa shape index (κ3) is 3.04. The van der Waals surface area contributed by atoms with Crippen molar-refractivity contribution in [2.75, 3.05) is 12.4 Å². The smallest absolute Gasteiger partial charge is 0.269 e. The first-order valence-corrected chi connectivity index (χ1v) is 6.34. The number of hydrogen-bond acceptors (Lipinski definition) is 5. The Morgan fingerprint density at radius 2 is 2.28 bits per heavy atom. The molecule has 6 heteroatoms.